The van der Waals surface area contributed by atoms with Gasteiger partial charge in [-0.1, -0.05) is 27.7 Å². The number of phenolic OH excluding ortho intramolecular Hbond substituents is 1. The third kappa shape index (κ3) is 3.15. The first kappa shape index (κ1) is 12.3. The van der Waals surface area contributed by atoms with Crippen molar-refractivity contribution in [1.29, 1.82) is 0 Å². The number of hydrogen-bond acceptors (Lipinski definition) is 2. The summed E-state index contributed by atoms with van der Waals surface area (Å²) in [6.07, 6.45) is 0. The summed E-state index contributed by atoms with van der Waals surface area (Å²) in [5, 5.41) is 9.77. The highest BCUT2D eigenvalue weighted by molar-refractivity contribution is 14.1. The van der Waals surface area contributed by atoms with Gasteiger partial charge in [-0.3, -0.25) is 0 Å². The fourth-order valence-corrected chi connectivity index (χ4v) is 2.77. The maximum Gasteiger partial charge on any atom is 0.130 e. The van der Waals surface area contributed by atoms with Crippen LogP contribution in [0, 0.1) is 3.57 Å². The standard InChI is InChI=1S/C12H8BrIOS/c13-8-1-4-10(5-2-8)16-12-6-3-9(14)7-11(12)15/h1-7,15H. The zero-order chi connectivity index (χ0) is 11.5. The van der Waals surface area contributed by atoms with Crippen molar-refractivity contribution in [2.45, 2.75) is 9.79 Å². The van der Waals surface area contributed by atoms with Crippen molar-refractivity contribution >= 4 is 50.3 Å². The van der Waals surface area contributed by atoms with Crippen LogP contribution in [0.4, 0.5) is 0 Å². The minimum atomic E-state index is 0.333. The molecule has 0 atom stereocenters. The first-order valence-electron chi connectivity index (χ1n) is 4.57. The number of rotatable bonds is 2. The van der Waals surface area contributed by atoms with Gasteiger partial charge >= 0.3 is 0 Å². The molecule has 0 aliphatic rings. The molecule has 2 aromatic carbocycles. The molecule has 0 aliphatic carbocycles. The van der Waals surface area contributed by atoms with Crippen LogP contribution >= 0.6 is 50.3 Å². The van der Waals surface area contributed by atoms with Crippen LogP contribution in [0.1, 0.15) is 0 Å². The highest BCUT2D eigenvalue weighted by Crippen LogP contribution is 2.35. The number of hydrogen-bond donors (Lipinski definition) is 1. The molecule has 0 radical (unpaired) electrons. The second kappa shape index (κ2) is 5.42. The Morgan fingerprint density at radius 1 is 1.06 bits per heavy atom. The van der Waals surface area contributed by atoms with E-state index in [1.54, 1.807) is 17.8 Å². The van der Waals surface area contributed by atoms with Crippen molar-refractivity contribution in [1.82, 2.24) is 0 Å². The van der Waals surface area contributed by atoms with E-state index in [1.807, 2.05) is 36.4 Å². The molecule has 0 unspecified atom stereocenters. The van der Waals surface area contributed by atoms with Crippen molar-refractivity contribution in [2.75, 3.05) is 0 Å². The Morgan fingerprint density at radius 3 is 2.38 bits per heavy atom. The van der Waals surface area contributed by atoms with Gasteiger partial charge in [0.1, 0.15) is 5.75 Å². The Balaban J connectivity index is 2.23. The molecule has 0 amide bonds. The van der Waals surface area contributed by atoms with Crippen LogP contribution in [0.5, 0.6) is 5.75 Å². The van der Waals surface area contributed by atoms with E-state index in [4.69, 9.17) is 0 Å². The van der Waals surface area contributed by atoms with Gasteiger partial charge in [-0.15, -0.1) is 0 Å². The molecular formula is C12H8BrIOS. The van der Waals surface area contributed by atoms with E-state index in [2.05, 4.69) is 38.5 Å². The molecule has 2 rings (SSSR count). The van der Waals surface area contributed by atoms with Gasteiger partial charge in [0, 0.05) is 12.9 Å². The summed E-state index contributed by atoms with van der Waals surface area (Å²) < 4.78 is 2.10. The molecule has 1 N–H and O–H groups in total. The summed E-state index contributed by atoms with van der Waals surface area (Å²) in [5.41, 5.74) is 0. The zero-order valence-electron chi connectivity index (χ0n) is 8.15. The van der Waals surface area contributed by atoms with Crippen LogP contribution in [0.25, 0.3) is 0 Å². The molecular weight excluding hydrogens is 399 g/mol. The first-order valence-corrected chi connectivity index (χ1v) is 7.26. The summed E-state index contributed by atoms with van der Waals surface area (Å²) in [5.74, 6) is 0.333. The molecule has 16 heavy (non-hydrogen) atoms. The zero-order valence-corrected chi connectivity index (χ0v) is 12.7. The van der Waals surface area contributed by atoms with E-state index >= 15 is 0 Å². The molecule has 0 fully saturated rings. The fraction of sp³-hybridized carbons (Fsp3) is 0. The second-order valence-corrected chi connectivity index (χ2v) is 6.44. The molecule has 0 heterocycles. The van der Waals surface area contributed by atoms with Gasteiger partial charge in [0.2, 0.25) is 0 Å². The fourth-order valence-electron chi connectivity index (χ4n) is 1.21. The molecule has 4 heteroatoms. The van der Waals surface area contributed by atoms with E-state index in [-0.39, 0.29) is 0 Å². The Morgan fingerprint density at radius 2 is 1.75 bits per heavy atom. The average Bonchev–Trinajstić information content (AvgIpc) is 2.25. The molecule has 2 aromatic rings. The SMILES string of the molecule is Oc1cc(I)ccc1Sc1ccc(Br)cc1. The highest BCUT2D eigenvalue weighted by atomic mass is 127. The summed E-state index contributed by atoms with van der Waals surface area (Å²) in [6.45, 7) is 0. The van der Waals surface area contributed by atoms with Crippen LogP contribution in [0.3, 0.4) is 0 Å². The van der Waals surface area contributed by atoms with Crippen molar-refractivity contribution in [3.05, 3.63) is 50.5 Å². The first-order chi connectivity index (χ1) is 7.65. The van der Waals surface area contributed by atoms with E-state index in [9.17, 15) is 5.11 Å². The minimum absolute atomic E-state index is 0.333. The molecule has 0 saturated carbocycles. The largest absolute Gasteiger partial charge is 0.507 e. The molecule has 0 saturated heterocycles. The van der Waals surface area contributed by atoms with Gasteiger partial charge in [0.25, 0.3) is 0 Å². The summed E-state index contributed by atoms with van der Waals surface area (Å²) >= 11 is 7.13. The molecule has 1 nitrogen and oxygen atoms in total. The Kier molecular flexibility index (Phi) is 4.16. The predicted octanol–water partition coefficient (Wildman–Crippen LogP) is 4.91. The van der Waals surface area contributed by atoms with Gasteiger partial charge in [-0.05, 0) is 65.1 Å². The van der Waals surface area contributed by atoms with Crippen molar-refractivity contribution in [2.24, 2.45) is 0 Å². The van der Waals surface area contributed by atoms with Crippen molar-refractivity contribution in [3.63, 3.8) is 0 Å². The van der Waals surface area contributed by atoms with Crippen LogP contribution in [0.15, 0.2) is 56.7 Å². The number of aromatic hydroxyl groups is 1. The normalized spacial score (nSPS) is 10.4. The number of benzene rings is 2. The number of phenols is 1. The Hall–Kier alpha value is -0.200. The third-order valence-corrected chi connectivity index (χ3v) is 4.24. The molecule has 0 bridgehead atoms. The van der Waals surface area contributed by atoms with Crippen LogP contribution in [0.2, 0.25) is 0 Å². The lowest BCUT2D eigenvalue weighted by Gasteiger charge is -2.04. The maximum absolute atomic E-state index is 9.77. The average molecular weight is 407 g/mol. The topological polar surface area (TPSA) is 20.2 Å². The summed E-state index contributed by atoms with van der Waals surface area (Å²) in [7, 11) is 0. The van der Waals surface area contributed by atoms with Gasteiger partial charge < -0.3 is 5.11 Å². The summed E-state index contributed by atoms with van der Waals surface area (Å²) in [4.78, 5) is 1.99. The summed E-state index contributed by atoms with van der Waals surface area (Å²) in [6, 6.07) is 13.7. The Labute approximate surface area is 121 Å². The number of halogens is 2. The molecule has 0 aromatic heterocycles. The van der Waals surface area contributed by atoms with E-state index in [0.717, 1.165) is 17.8 Å². The van der Waals surface area contributed by atoms with Crippen molar-refractivity contribution < 1.29 is 5.11 Å². The van der Waals surface area contributed by atoms with Crippen LogP contribution in [-0.2, 0) is 0 Å². The van der Waals surface area contributed by atoms with E-state index in [0.29, 0.717) is 5.75 Å². The quantitative estimate of drug-likeness (QED) is 0.715. The van der Waals surface area contributed by atoms with Gasteiger partial charge in [-0.25, -0.2) is 0 Å². The lowest BCUT2D eigenvalue weighted by atomic mass is 10.3. The molecule has 0 spiro atoms. The lowest BCUT2D eigenvalue weighted by molar-refractivity contribution is 0.462. The second-order valence-electron chi connectivity index (χ2n) is 3.17. The minimum Gasteiger partial charge on any atom is -0.507 e. The van der Waals surface area contributed by atoms with Crippen LogP contribution in [-0.4, -0.2) is 5.11 Å². The van der Waals surface area contributed by atoms with E-state index < -0.39 is 0 Å². The Bertz CT molecular complexity index is 499. The maximum atomic E-state index is 9.77. The highest BCUT2D eigenvalue weighted by Gasteiger charge is 2.03. The van der Waals surface area contributed by atoms with Gasteiger partial charge in [0.05, 0.1) is 4.90 Å². The van der Waals surface area contributed by atoms with Gasteiger partial charge in [0.15, 0.2) is 0 Å². The molecule has 0 aliphatic heterocycles. The lowest BCUT2D eigenvalue weighted by Crippen LogP contribution is -1.77. The van der Waals surface area contributed by atoms with Gasteiger partial charge in [-0.2, -0.15) is 0 Å². The monoisotopic (exact) mass is 406 g/mol. The predicted molar refractivity (Wildman–Crippen MR) is 79.1 cm³/mol. The van der Waals surface area contributed by atoms with Crippen molar-refractivity contribution in [3.8, 4) is 5.75 Å². The third-order valence-electron chi connectivity index (χ3n) is 1.96. The smallest absolute Gasteiger partial charge is 0.130 e. The van der Waals surface area contributed by atoms with E-state index in [1.165, 1.54) is 0 Å². The molecule has 82 valence electrons. The van der Waals surface area contributed by atoms with Crippen LogP contribution < -0.4 is 0 Å².